The van der Waals surface area contributed by atoms with Crippen molar-refractivity contribution in [1.29, 1.82) is 0 Å². The van der Waals surface area contributed by atoms with Gasteiger partial charge in [-0.3, -0.25) is 4.79 Å². The third-order valence-electron chi connectivity index (χ3n) is 5.35. The highest BCUT2D eigenvalue weighted by Crippen LogP contribution is 2.31. The van der Waals surface area contributed by atoms with E-state index < -0.39 is 39.5 Å². The summed E-state index contributed by atoms with van der Waals surface area (Å²) in [6.45, 7) is 1.51. The lowest BCUT2D eigenvalue weighted by atomic mass is 10.0. The monoisotopic (exact) mass is 494 g/mol. The zero-order valence-electron chi connectivity index (χ0n) is 18.3. The Morgan fingerprint density at radius 2 is 1.59 bits per heavy atom. The van der Waals surface area contributed by atoms with Crippen molar-refractivity contribution < 1.29 is 30.8 Å². The number of rotatable bonds is 7. The maximum atomic E-state index is 13.1. The quantitative estimate of drug-likeness (QED) is 0.478. The number of hydrogen-bond acceptors (Lipinski definition) is 3. The van der Waals surface area contributed by atoms with E-state index in [1.165, 1.54) is 26.1 Å². The van der Waals surface area contributed by atoms with Crippen molar-refractivity contribution in [3.05, 3.63) is 89.7 Å². The Hall–Kier alpha value is -3.24. The fourth-order valence-corrected chi connectivity index (χ4v) is 4.52. The molecule has 10 heteroatoms. The van der Waals surface area contributed by atoms with E-state index in [-0.39, 0.29) is 11.4 Å². The summed E-state index contributed by atoms with van der Waals surface area (Å²) in [5, 5.41) is 2.67. The minimum Gasteiger partial charge on any atom is -0.351 e. The summed E-state index contributed by atoms with van der Waals surface area (Å²) in [5.74, 6) is -1.13. The molecule has 0 aromatic heterocycles. The molecule has 0 aliphatic carbocycles. The van der Waals surface area contributed by atoms with E-state index in [2.05, 4.69) is 5.32 Å². The van der Waals surface area contributed by atoms with E-state index in [0.29, 0.717) is 16.7 Å². The molecule has 0 spiro atoms. The van der Waals surface area contributed by atoms with Crippen LogP contribution >= 0.6 is 0 Å². The predicted molar refractivity (Wildman–Crippen MR) is 120 cm³/mol. The van der Waals surface area contributed by atoms with Crippen LogP contribution in [0.2, 0.25) is 0 Å². The molecule has 0 fully saturated rings. The molecule has 1 atom stereocenters. The van der Waals surface area contributed by atoms with E-state index in [1.807, 2.05) is 0 Å². The number of likely N-dealkylation sites (N-methyl/N-ethyl adjacent to an activating group) is 1. The number of alkyl halides is 3. The maximum Gasteiger partial charge on any atom is 0.416 e. The van der Waals surface area contributed by atoms with Crippen LogP contribution < -0.4 is 5.32 Å². The fourth-order valence-electron chi connectivity index (χ4n) is 3.20. The first-order chi connectivity index (χ1) is 15.9. The highest BCUT2D eigenvalue weighted by molar-refractivity contribution is 7.89. The second-order valence-electron chi connectivity index (χ2n) is 7.64. The molecule has 0 saturated carbocycles. The smallest absolute Gasteiger partial charge is 0.351 e. The molecule has 0 radical (unpaired) electrons. The molecular weight excluding hydrogens is 472 g/mol. The van der Waals surface area contributed by atoms with Crippen LogP contribution in [0.3, 0.4) is 0 Å². The van der Waals surface area contributed by atoms with E-state index in [0.717, 1.165) is 40.7 Å². The van der Waals surface area contributed by atoms with Crippen molar-refractivity contribution in [2.75, 3.05) is 7.05 Å². The SMILES string of the molecule is C[C@H](C(=O)NCc1cccc(-c2ccc(C(F)(F)F)cc2)c1)N(C)S(=O)(=O)c1ccc(F)cc1. The third-order valence-corrected chi connectivity index (χ3v) is 7.30. The number of nitrogens with zero attached hydrogens (tertiary/aromatic N) is 1. The first kappa shape index (κ1) is 25.4. The van der Waals surface area contributed by atoms with Crippen LogP contribution in [0.15, 0.2) is 77.7 Å². The molecule has 34 heavy (non-hydrogen) atoms. The van der Waals surface area contributed by atoms with E-state index in [1.54, 1.807) is 24.3 Å². The van der Waals surface area contributed by atoms with Crippen LogP contribution in [0.1, 0.15) is 18.1 Å². The van der Waals surface area contributed by atoms with Gasteiger partial charge >= 0.3 is 6.18 Å². The summed E-state index contributed by atoms with van der Waals surface area (Å²) in [7, 11) is -2.76. The van der Waals surface area contributed by atoms with E-state index in [9.17, 15) is 30.8 Å². The van der Waals surface area contributed by atoms with Crippen LogP contribution in [-0.4, -0.2) is 31.7 Å². The van der Waals surface area contributed by atoms with Gasteiger partial charge in [-0.15, -0.1) is 0 Å². The molecule has 180 valence electrons. The molecule has 0 unspecified atom stereocenters. The highest BCUT2D eigenvalue weighted by Gasteiger charge is 2.30. The number of carbonyl (C=O) groups is 1. The van der Waals surface area contributed by atoms with Gasteiger partial charge in [0.05, 0.1) is 10.5 Å². The van der Waals surface area contributed by atoms with Crippen molar-refractivity contribution >= 4 is 15.9 Å². The summed E-state index contributed by atoms with van der Waals surface area (Å²) in [5.41, 5.74) is 1.19. The Labute approximate surface area is 195 Å². The van der Waals surface area contributed by atoms with Crippen molar-refractivity contribution in [2.45, 2.75) is 30.6 Å². The molecule has 5 nitrogen and oxygen atoms in total. The zero-order chi connectivity index (χ0) is 25.1. The normalized spacial score (nSPS) is 13.0. The van der Waals surface area contributed by atoms with Gasteiger partial charge < -0.3 is 5.32 Å². The fraction of sp³-hybridized carbons (Fsp3) is 0.208. The van der Waals surface area contributed by atoms with Crippen molar-refractivity contribution in [3.8, 4) is 11.1 Å². The van der Waals surface area contributed by atoms with Gasteiger partial charge in [0.1, 0.15) is 11.9 Å². The molecule has 0 heterocycles. The predicted octanol–water partition coefficient (Wildman–Crippen LogP) is 4.84. The highest BCUT2D eigenvalue weighted by atomic mass is 32.2. The molecule has 1 N–H and O–H groups in total. The van der Waals surface area contributed by atoms with Gasteiger partial charge in [-0.05, 0) is 66.1 Å². The lowest BCUT2D eigenvalue weighted by molar-refractivity contribution is -0.137. The number of carbonyl (C=O) groups excluding carboxylic acids is 1. The van der Waals surface area contributed by atoms with E-state index in [4.69, 9.17) is 0 Å². The van der Waals surface area contributed by atoms with Gasteiger partial charge in [0.25, 0.3) is 0 Å². The van der Waals surface area contributed by atoms with Crippen LogP contribution in [0.25, 0.3) is 11.1 Å². The summed E-state index contributed by atoms with van der Waals surface area (Å²) in [6.07, 6.45) is -4.42. The average molecular weight is 495 g/mol. The molecule has 1 amide bonds. The van der Waals surface area contributed by atoms with Crippen molar-refractivity contribution in [3.63, 3.8) is 0 Å². The Kier molecular flexibility index (Phi) is 7.42. The zero-order valence-corrected chi connectivity index (χ0v) is 19.1. The van der Waals surface area contributed by atoms with Crippen LogP contribution in [0.4, 0.5) is 17.6 Å². The first-order valence-electron chi connectivity index (χ1n) is 10.2. The second-order valence-corrected chi connectivity index (χ2v) is 9.64. The van der Waals surface area contributed by atoms with Gasteiger partial charge in [-0.2, -0.15) is 17.5 Å². The molecule has 0 aliphatic rings. The lowest BCUT2D eigenvalue weighted by Crippen LogP contribution is -2.45. The van der Waals surface area contributed by atoms with Crippen molar-refractivity contribution in [2.24, 2.45) is 0 Å². The number of halogens is 4. The molecule has 0 saturated heterocycles. The largest absolute Gasteiger partial charge is 0.416 e. The van der Waals surface area contributed by atoms with Gasteiger partial charge in [-0.1, -0.05) is 30.3 Å². The second kappa shape index (κ2) is 9.94. The summed E-state index contributed by atoms with van der Waals surface area (Å²) in [6, 6.07) is 14.9. The molecular formula is C24H22F4N2O3S. The van der Waals surface area contributed by atoms with Crippen molar-refractivity contribution in [1.82, 2.24) is 9.62 Å². The molecule has 3 rings (SSSR count). The number of benzene rings is 3. The van der Waals surface area contributed by atoms with Crippen LogP contribution in [0.5, 0.6) is 0 Å². The summed E-state index contributed by atoms with van der Waals surface area (Å²) in [4.78, 5) is 12.5. The number of amides is 1. The van der Waals surface area contributed by atoms with Crippen LogP contribution in [-0.2, 0) is 27.5 Å². The minimum absolute atomic E-state index is 0.0854. The molecule has 3 aromatic rings. The standard InChI is InChI=1S/C24H22F4N2O3S/c1-16(30(2)34(32,33)22-12-10-21(25)11-13-22)23(31)29-15-17-4-3-5-19(14-17)18-6-8-20(9-7-18)24(26,27)28/h3-14,16H,15H2,1-2H3,(H,29,31)/t16-/m1/s1. The number of nitrogens with one attached hydrogen (secondary N) is 1. The number of hydrogen-bond donors (Lipinski definition) is 1. The Morgan fingerprint density at radius 1 is 0.971 bits per heavy atom. The van der Waals surface area contributed by atoms with Gasteiger partial charge in [-0.25, -0.2) is 12.8 Å². The molecule has 3 aromatic carbocycles. The lowest BCUT2D eigenvalue weighted by Gasteiger charge is -2.23. The topological polar surface area (TPSA) is 66.5 Å². The molecule has 0 aliphatic heterocycles. The van der Waals surface area contributed by atoms with Gasteiger partial charge in [0.15, 0.2) is 0 Å². The van der Waals surface area contributed by atoms with Gasteiger partial charge in [0.2, 0.25) is 15.9 Å². The maximum absolute atomic E-state index is 13.1. The number of sulfonamides is 1. The Balaban J connectivity index is 1.67. The molecule has 0 bridgehead atoms. The average Bonchev–Trinajstić information content (AvgIpc) is 2.81. The minimum atomic E-state index is -4.42. The summed E-state index contributed by atoms with van der Waals surface area (Å²) >= 11 is 0. The Morgan fingerprint density at radius 3 is 2.18 bits per heavy atom. The van der Waals surface area contributed by atoms with Crippen LogP contribution in [0, 0.1) is 5.82 Å². The first-order valence-corrected chi connectivity index (χ1v) is 11.6. The third kappa shape index (κ3) is 5.81. The van der Waals surface area contributed by atoms with Gasteiger partial charge in [0, 0.05) is 13.6 Å². The van der Waals surface area contributed by atoms with E-state index >= 15 is 0 Å². The Bertz CT molecular complexity index is 1260. The summed E-state index contributed by atoms with van der Waals surface area (Å²) < 4.78 is 77.7.